The first-order valence-corrected chi connectivity index (χ1v) is 22.4. The molecule has 14 nitrogen and oxygen atoms in total. The third-order valence-corrected chi connectivity index (χ3v) is 12.9. The molecule has 0 unspecified atom stereocenters. The molecule has 5 aromatic rings. The Morgan fingerprint density at radius 2 is 1.25 bits per heavy atom. The number of hydrogen-bond donors (Lipinski definition) is 0. The number of thiocarbonyl (C=S) groups is 1. The lowest BCUT2D eigenvalue weighted by molar-refractivity contribution is -0.757. The molecule has 0 fully saturated rings. The maximum atomic E-state index is 13.4. The van der Waals surface area contributed by atoms with Crippen LogP contribution in [0.25, 0.3) is 15.3 Å². The molecule has 0 bridgehead atoms. The fourth-order valence-corrected chi connectivity index (χ4v) is 9.09. The first-order valence-electron chi connectivity index (χ1n) is 18.5. The van der Waals surface area contributed by atoms with Gasteiger partial charge in [0, 0.05) is 45.4 Å². The minimum Gasteiger partial charge on any atom is -0.426 e. The van der Waals surface area contributed by atoms with E-state index < -0.39 is 29.0 Å². The van der Waals surface area contributed by atoms with Crippen molar-refractivity contribution in [3.05, 3.63) is 128 Å². The van der Waals surface area contributed by atoms with Crippen molar-refractivity contribution in [2.75, 3.05) is 12.4 Å². The van der Waals surface area contributed by atoms with Crippen LogP contribution in [-0.4, -0.2) is 46.2 Å². The number of ether oxygens (including phenoxy) is 4. The highest BCUT2D eigenvalue weighted by molar-refractivity contribution is 8.10. The highest BCUT2D eigenvalue weighted by Gasteiger charge is 2.21. The number of unbranched alkanes of at least 4 members (excludes halogenated alkanes) is 1. The summed E-state index contributed by atoms with van der Waals surface area (Å²) >= 11 is 12.1. The van der Waals surface area contributed by atoms with Crippen LogP contribution in [0.1, 0.15) is 65.3 Å². The molecular weight excluding hydrogens is 883 g/mol. The summed E-state index contributed by atoms with van der Waals surface area (Å²) in [5.74, 6) is -2.05. The smallest absolute Gasteiger partial charge is 0.347 e. The minimum absolute atomic E-state index is 0.0293. The van der Waals surface area contributed by atoms with E-state index in [-0.39, 0.29) is 71.4 Å². The van der Waals surface area contributed by atoms with E-state index in [4.69, 9.17) is 43.4 Å². The Bertz CT molecular complexity index is 2590. The number of carbonyl (C=O) groups excluding carboxylic acids is 4. The molecule has 0 saturated heterocycles. The average molecular weight is 916 g/mol. The van der Waals surface area contributed by atoms with Crippen molar-refractivity contribution < 1.29 is 48.0 Å². The van der Waals surface area contributed by atoms with Gasteiger partial charge >= 0.3 is 23.9 Å². The molecule has 6 rings (SSSR count). The van der Waals surface area contributed by atoms with Crippen molar-refractivity contribution in [3.8, 4) is 33.4 Å². The minimum atomic E-state index is -0.970. The lowest BCUT2D eigenvalue weighted by Crippen LogP contribution is -2.15. The fraction of sp³-hybridized carbons (Fsp3) is 0.190. The van der Waals surface area contributed by atoms with Gasteiger partial charge in [-0.15, -0.1) is 21.9 Å². The van der Waals surface area contributed by atoms with Gasteiger partial charge in [0.1, 0.15) is 37.9 Å². The van der Waals surface area contributed by atoms with Gasteiger partial charge in [-0.25, -0.2) is 9.59 Å². The van der Waals surface area contributed by atoms with Crippen molar-refractivity contribution in [2.24, 2.45) is 10.2 Å². The second kappa shape index (κ2) is 21.5. The highest BCUT2D eigenvalue weighted by atomic mass is 32.9. The topological polar surface area (TPSA) is 182 Å². The summed E-state index contributed by atoms with van der Waals surface area (Å²) in [5.41, 5.74) is 2.01. The van der Waals surface area contributed by atoms with E-state index in [1.54, 1.807) is 58.5 Å². The maximum absolute atomic E-state index is 13.4. The second-order valence-corrected chi connectivity index (χ2v) is 17.3. The normalized spacial score (nSPS) is 12.1. The van der Waals surface area contributed by atoms with Crippen LogP contribution >= 0.6 is 56.9 Å². The Balaban J connectivity index is 1.21. The SMILES string of the molecule is CCCCC(=O)Oc1cc(/N=N/c2ccc(C(=O)Oc3ccc(C4=CC(=S)CS4)cc3)c(OC(=O)CCCO[N+](=O)[O-])c2)ccc1C(=O)Oc1ccc(-c2cc(=S)ss2)cc1. The number of azo groups is 1. The summed E-state index contributed by atoms with van der Waals surface area (Å²) in [6.45, 7) is 1.59. The van der Waals surface area contributed by atoms with Crippen LogP contribution < -0.4 is 18.9 Å². The van der Waals surface area contributed by atoms with Gasteiger partial charge < -0.3 is 23.8 Å². The van der Waals surface area contributed by atoms with Gasteiger partial charge in [0.15, 0.2) is 0 Å². The van der Waals surface area contributed by atoms with E-state index in [0.717, 1.165) is 41.8 Å². The average Bonchev–Trinajstić information content (AvgIpc) is 3.89. The van der Waals surface area contributed by atoms with E-state index >= 15 is 0 Å². The van der Waals surface area contributed by atoms with E-state index in [2.05, 4.69) is 15.1 Å². The largest absolute Gasteiger partial charge is 0.426 e. The standard InChI is InChI=1S/C42H33N3O11S5/c1-2-3-5-38(46)55-34-20-27(11-17-32(34)41(48)54-30-15-9-26(10-16-30)37-23-40(58)61-60-37)43-44-28-12-18-33(35(21-28)56-39(47)6-4-19-52-45(50)51)42(49)53-29-13-7-25(8-14-29)36-22-31(57)24-59-36/h7-18,20-23H,2-6,19,24H2,1H3/b44-43+. The summed E-state index contributed by atoms with van der Waals surface area (Å²) in [4.78, 5) is 70.0. The molecule has 0 aliphatic carbocycles. The molecule has 1 aliphatic heterocycles. The molecule has 0 spiro atoms. The number of allylic oxidation sites excluding steroid dienone is 1. The van der Waals surface area contributed by atoms with Crippen LogP contribution in [0, 0.1) is 13.9 Å². The molecule has 0 atom stereocenters. The molecule has 0 amide bonds. The number of rotatable bonds is 18. The monoisotopic (exact) mass is 915 g/mol. The van der Waals surface area contributed by atoms with E-state index in [0.29, 0.717) is 6.42 Å². The number of hydrogen-bond acceptors (Lipinski definition) is 18. The summed E-state index contributed by atoms with van der Waals surface area (Å²) in [6, 6.07) is 24.0. The van der Waals surface area contributed by atoms with Crippen LogP contribution in [-0.2, 0) is 14.4 Å². The van der Waals surface area contributed by atoms with Gasteiger partial charge in [0.2, 0.25) is 0 Å². The first kappa shape index (κ1) is 44.6. The Morgan fingerprint density at radius 1 is 0.705 bits per heavy atom. The van der Waals surface area contributed by atoms with Crippen LogP contribution in [0.2, 0.25) is 0 Å². The molecule has 312 valence electrons. The predicted molar refractivity (Wildman–Crippen MR) is 238 cm³/mol. The highest BCUT2D eigenvalue weighted by Crippen LogP contribution is 2.35. The molecule has 0 N–H and O–H groups in total. The van der Waals surface area contributed by atoms with Gasteiger partial charge in [-0.2, -0.15) is 10.2 Å². The molecule has 1 aliphatic rings. The molecule has 4 aromatic carbocycles. The summed E-state index contributed by atoms with van der Waals surface area (Å²) in [5, 5.41) is 18.0. The third-order valence-electron chi connectivity index (χ3n) is 8.38. The molecule has 2 heterocycles. The van der Waals surface area contributed by atoms with Gasteiger partial charge in [-0.3, -0.25) is 9.59 Å². The number of benzene rings is 4. The Kier molecular flexibility index (Phi) is 15.7. The Morgan fingerprint density at radius 3 is 1.72 bits per heavy atom. The zero-order valence-electron chi connectivity index (χ0n) is 32.1. The van der Waals surface area contributed by atoms with Crippen molar-refractivity contribution in [2.45, 2.75) is 39.0 Å². The first-order chi connectivity index (χ1) is 29.4. The lowest BCUT2D eigenvalue weighted by atomic mass is 10.1. The van der Waals surface area contributed by atoms with Crippen molar-refractivity contribution in [1.29, 1.82) is 0 Å². The summed E-state index contributed by atoms with van der Waals surface area (Å²) in [7, 11) is 3.04. The predicted octanol–water partition coefficient (Wildman–Crippen LogP) is 11.5. The van der Waals surface area contributed by atoms with Gasteiger partial charge in [-0.05, 0) is 96.8 Å². The maximum Gasteiger partial charge on any atom is 0.347 e. The van der Waals surface area contributed by atoms with Crippen molar-refractivity contribution in [3.63, 3.8) is 0 Å². The zero-order chi connectivity index (χ0) is 43.3. The lowest BCUT2D eigenvalue weighted by Gasteiger charge is -2.12. The number of carbonyl (C=O) groups is 4. The quantitative estimate of drug-likeness (QED) is 0.0118. The van der Waals surface area contributed by atoms with E-state index in [9.17, 15) is 29.3 Å². The van der Waals surface area contributed by atoms with Gasteiger partial charge in [0.05, 0.1) is 18.0 Å². The zero-order valence-corrected chi connectivity index (χ0v) is 36.1. The second-order valence-electron chi connectivity index (χ2n) is 12.9. The van der Waals surface area contributed by atoms with Crippen molar-refractivity contribution in [1.82, 2.24) is 0 Å². The van der Waals surface area contributed by atoms with Gasteiger partial charge in [-0.1, -0.05) is 70.6 Å². The molecule has 19 heteroatoms. The van der Waals surface area contributed by atoms with E-state index in [1.807, 2.05) is 31.2 Å². The number of esters is 4. The van der Waals surface area contributed by atoms with Crippen LogP contribution in [0.15, 0.2) is 107 Å². The Hall–Kier alpha value is -5.99. The Labute approximate surface area is 370 Å². The van der Waals surface area contributed by atoms with Crippen LogP contribution in [0.5, 0.6) is 23.0 Å². The summed E-state index contributed by atoms with van der Waals surface area (Å²) < 4.78 is 23.1. The molecular formula is C42H33N3O11S5. The van der Waals surface area contributed by atoms with Gasteiger partial charge in [0.25, 0.3) is 5.09 Å². The van der Waals surface area contributed by atoms with Crippen LogP contribution in [0.4, 0.5) is 11.4 Å². The summed E-state index contributed by atoms with van der Waals surface area (Å²) in [6.07, 6.45) is 3.07. The van der Waals surface area contributed by atoms with E-state index in [1.165, 1.54) is 46.7 Å². The fourth-order valence-electron chi connectivity index (χ4n) is 5.41. The molecule has 0 saturated carbocycles. The molecule has 61 heavy (non-hydrogen) atoms. The molecule has 1 aromatic heterocycles. The van der Waals surface area contributed by atoms with Crippen molar-refractivity contribution >= 4 is 102 Å². The molecule has 0 radical (unpaired) electrons. The number of thioether (sulfide) groups is 1. The third kappa shape index (κ3) is 13.0. The van der Waals surface area contributed by atoms with Crippen LogP contribution in [0.3, 0.4) is 0 Å². The number of nitrogens with zero attached hydrogens (tertiary/aromatic N) is 3.